The van der Waals surface area contributed by atoms with E-state index in [4.69, 9.17) is 37.0 Å². The Morgan fingerprint density at radius 3 is 0.673 bits per heavy atom. The highest BCUT2D eigenvalue weighted by Gasteiger charge is 2.31. The van der Waals surface area contributed by atoms with Gasteiger partial charge >= 0.3 is 39.5 Å². The molecule has 0 bridgehead atoms. The van der Waals surface area contributed by atoms with Gasteiger partial charge in [0.1, 0.15) is 19.3 Å². The van der Waals surface area contributed by atoms with Crippen molar-refractivity contribution in [2.24, 2.45) is 11.8 Å². The molecule has 0 aromatic heterocycles. The predicted molar refractivity (Wildman–Crippen MR) is 469 cm³/mol. The molecule has 19 heteroatoms. The van der Waals surface area contributed by atoms with Crippen molar-refractivity contribution in [3.05, 3.63) is 0 Å². The van der Waals surface area contributed by atoms with Crippen LogP contribution in [0, 0.1) is 11.8 Å². The normalized spacial score (nSPS) is 13.9. The minimum Gasteiger partial charge on any atom is -0.462 e. The number of ether oxygens (including phenoxy) is 4. The number of unbranched alkanes of at least 4 members (excludes halogenated alkanes) is 62. The average Bonchev–Trinajstić information content (AvgIpc) is 0.899. The minimum atomic E-state index is -4.97. The molecule has 0 amide bonds. The summed E-state index contributed by atoms with van der Waals surface area (Å²) < 4.78 is 69.1. The molecule has 0 radical (unpaired) electrons. The molecule has 3 N–H and O–H groups in total. The predicted octanol–water partition coefficient (Wildman–Crippen LogP) is 29.4. The summed E-state index contributed by atoms with van der Waals surface area (Å²) in [5, 5.41) is 10.7. The zero-order chi connectivity index (χ0) is 82.7. The van der Waals surface area contributed by atoms with E-state index in [9.17, 15) is 43.2 Å². The summed E-state index contributed by atoms with van der Waals surface area (Å²) >= 11 is 0. The van der Waals surface area contributed by atoms with Crippen LogP contribution in [-0.4, -0.2) is 96.7 Å². The number of phosphoric ester groups is 2. The molecule has 0 aromatic carbocycles. The lowest BCUT2D eigenvalue weighted by atomic mass is 9.99. The van der Waals surface area contributed by atoms with Crippen molar-refractivity contribution in [3.63, 3.8) is 0 Å². The summed E-state index contributed by atoms with van der Waals surface area (Å²) in [6.45, 7) is 9.80. The van der Waals surface area contributed by atoms with E-state index in [2.05, 4.69) is 41.5 Å². The van der Waals surface area contributed by atoms with Crippen molar-refractivity contribution in [1.82, 2.24) is 0 Å². The van der Waals surface area contributed by atoms with Crippen LogP contribution < -0.4 is 0 Å². The number of hydrogen-bond donors (Lipinski definition) is 3. The van der Waals surface area contributed by atoms with Crippen LogP contribution in [0.15, 0.2) is 0 Å². The zero-order valence-corrected chi connectivity index (χ0v) is 76.5. The van der Waals surface area contributed by atoms with Crippen LogP contribution in [-0.2, 0) is 65.4 Å². The lowest BCUT2D eigenvalue weighted by Gasteiger charge is -2.21. The summed E-state index contributed by atoms with van der Waals surface area (Å²) in [5.41, 5.74) is 0. The molecular weight excluding hydrogens is 1460 g/mol. The number of hydrogen-bond acceptors (Lipinski definition) is 15. The molecule has 0 aliphatic heterocycles. The van der Waals surface area contributed by atoms with Gasteiger partial charge in [-0.25, -0.2) is 9.13 Å². The quantitative estimate of drug-likeness (QED) is 0.0222. The first-order valence-electron chi connectivity index (χ1n) is 48.5. The van der Waals surface area contributed by atoms with E-state index >= 15 is 0 Å². The summed E-state index contributed by atoms with van der Waals surface area (Å²) in [7, 11) is -9.94. The minimum absolute atomic E-state index is 0.109. The van der Waals surface area contributed by atoms with Crippen LogP contribution in [0.5, 0.6) is 0 Å². The monoisotopic (exact) mass is 1650 g/mol. The van der Waals surface area contributed by atoms with Crippen LogP contribution in [0.3, 0.4) is 0 Å². The summed E-state index contributed by atoms with van der Waals surface area (Å²) in [6.07, 6.45) is 80.7. The van der Waals surface area contributed by atoms with Gasteiger partial charge in [0.2, 0.25) is 0 Å². The van der Waals surface area contributed by atoms with Crippen LogP contribution in [0.25, 0.3) is 0 Å². The maximum atomic E-state index is 13.2. The van der Waals surface area contributed by atoms with Crippen molar-refractivity contribution >= 4 is 39.5 Å². The topological polar surface area (TPSA) is 237 Å². The molecule has 17 nitrogen and oxygen atoms in total. The molecule has 113 heavy (non-hydrogen) atoms. The molecule has 0 heterocycles. The third-order valence-electron chi connectivity index (χ3n) is 22.6. The highest BCUT2D eigenvalue weighted by atomic mass is 31.2. The first-order valence-corrected chi connectivity index (χ1v) is 51.5. The molecule has 0 aliphatic carbocycles. The SMILES string of the molecule is CCCCCCCCCCCCCCCCCCCCCCCCC(=O)OC[C@H](COP(=O)(O)OC[C@@H](O)COP(=O)(O)OC[C@@H](COC(=O)CCCCCCCCCCCC)OC(=O)CCCCCCCCCCCCCCCCCCC(C)C)OC(=O)CCCCCCCCCCCCCCCCCCCCC(C)CC. The summed E-state index contributed by atoms with van der Waals surface area (Å²) in [4.78, 5) is 73.5. The molecule has 0 aromatic rings. The molecule has 672 valence electrons. The maximum Gasteiger partial charge on any atom is 0.472 e. The van der Waals surface area contributed by atoms with E-state index in [-0.39, 0.29) is 25.7 Å². The highest BCUT2D eigenvalue weighted by Crippen LogP contribution is 2.45. The lowest BCUT2D eigenvalue weighted by molar-refractivity contribution is -0.161. The maximum absolute atomic E-state index is 13.2. The molecule has 0 fully saturated rings. The van der Waals surface area contributed by atoms with Gasteiger partial charge in [-0.15, -0.1) is 0 Å². The van der Waals surface area contributed by atoms with Gasteiger partial charge in [-0.3, -0.25) is 37.3 Å². The number of esters is 4. The number of aliphatic hydroxyl groups excluding tert-OH is 1. The van der Waals surface area contributed by atoms with E-state index in [0.29, 0.717) is 25.7 Å². The second-order valence-corrected chi connectivity index (χ2v) is 37.4. The van der Waals surface area contributed by atoms with E-state index in [0.717, 1.165) is 102 Å². The Balaban J connectivity index is 5.21. The second-order valence-electron chi connectivity index (χ2n) is 34.5. The average molecular weight is 1650 g/mol. The highest BCUT2D eigenvalue weighted by molar-refractivity contribution is 7.47. The number of carbonyl (C=O) groups is 4. The van der Waals surface area contributed by atoms with Crippen LogP contribution in [0.4, 0.5) is 0 Å². The largest absolute Gasteiger partial charge is 0.472 e. The van der Waals surface area contributed by atoms with Gasteiger partial charge in [0, 0.05) is 25.7 Å². The molecule has 0 rings (SSSR count). The summed E-state index contributed by atoms with van der Waals surface area (Å²) in [6, 6.07) is 0. The van der Waals surface area contributed by atoms with Gasteiger partial charge in [0.05, 0.1) is 26.4 Å². The van der Waals surface area contributed by atoms with Crippen molar-refractivity contribution in [2.45, 2.75) is 529 Å². The Morgan fingerprint density at radius 1 is 0.257 bits per heavy atom. The van der Waals surface area contributed by atoms with Gasteiger partial charge in [0.15, 0.2) is 12.2 Å². The van der Waals surface area contributed by atoms with E-state index < -0.39 is 97.5 Å². The Hall–Kier alpha value is -1.94. The van der Waals surface area contributed by atoms with Crippen molar-refractivity contribution < 1.29 is 80.2 Å². The molecule has 0 aliphatic rings. The van der Waals surface area contributed by atoms with Crippen molar-refractivity contribution in [2.75, 3.05) is 39.6 Å². The van der Waals surface area contributed by atoms with Gasteiger partial charge in [-0.05, 0) is 37.5 Å². The van der Waals surface area contributed by atoms with Gasteiger partial charge in [0.25, 0.3) is 0 Å². The first-order chi connectivity index (χ1) is 54.9. The fraction of sp³-hybridized carbons (Fsp3) is 0.957. The molecule has 6 atom stereocenters. The van der Waals surface area contributed by atoms with E-state index in [1.54, 1.807) is 0 Å². The molecular formula is C94H184O17P2. The Kier molecular flexibility index (Phi) is 83.6. The Morgan fingerprint density at radius 2 is 0.451 bits per heavy atom. The molecule has 0 spiro atoms. The van der Waals surface area contributed by atoms with E-state index in [1.807, 2.05) is 0 Å². The van der Waals surface area contributed by atoms with Gasteiger partial charge < -0.3 is 33.8 Å². The van der Waals surface area contributed by atoms with Gasteiger partial charge in [-0.1, -0.05) is 459 Å². The Bertz CT molecular complexity index is 2150. The third-order valence-corrected chi connectivity index (χ3v) is 24.5. The van der Waals surface area contributed by atoms with Crippen LogP contribution in [0.1, 0.15) is 510 Å². The number of rotatable bonds is 93. The fourth-order valence-corrected chi connectivity index (χ4v) is 16.4. The fourth-order valence-electron chi connectivity index (χ4n) is 14.8. The lowest BCUT2D eigenvalue weighted by Crippen LogP contribution is -2.30. The van der Waals surface area contributed by atoms with Crippen LogP contribution >= 0.6 is 15.6 Å². The number of carbonyl (C=O) groups excluding carboxylic acids is 4. The molecule has 0 saturated carbocycles. The van der Waals surface area contributed by atoms with Crippen molar-refractivity contribution in [3.8, 4) is 0 Å². The van der Waals surface area contributed by atoms with Crippen molar-refractivity contribution in [1.29, 1.82) is 0 Å². The van der Waals surface area contributed by atoms with Gasteiger partial charge in [-0.2, -0.15) is 0 Å². The third kappa shape index (κ3) is 86.3. The zero-order valence-electron chi connectivity index (χ0n) is 74.7. The summed E-state index contributed by atoms with van der Waals surface area (Å²) in [5.74, 6) is -0.413. The Labute approximate surface area is 696 Å². The first kappa shape index (κ1) is 111. The van der Waals surface area contributed by atoms with E-state index in [1.165, 1.54) is 327 Å². The number of phosphoric acid groups is 2. The van der Waals surface area contributed by atoms with Crippen LogP contribution in [0.2, 0.25) is 0 Å². The standard InChI is InChI=1S/C94H184O17P2/c1-7-10-12-14-16-18-20-21-22-23-24-25-26-27-31-37-42-47-53-59-65-71-77-92(97)105-83-90(111-94(99)78-72-66-60-54-48-43-38-32-29-28-30-36-41-46-51-57-63-69-75-87(6)9-3)85-109-113(102,103)107-81-88(95)80-106-112(100,101)108-84-89(82-104-91(96)76-70-64-58-52-19-17-15-13-11-8-2)110-93(98)79-73-67-61-55-49-44-39-34-33-35-40-45-50-56-62-68-74-86(4)5/h86-90,95H,7-85H2,1-6H3,(H,100,101)(H,102,103)/t87?,88-,89+,90+/m0/s1. The molecule has 0 saturated heterocycles. The number of aliphatic hydroxyl groups is 1. The molecule has 3 unspecified atom stereocenters. The smallest absolute Gasteiger partial charge is 0.462 e. The second kappa shape index (κ2) is 85.1.